The van der Waals surface area contributed by atoms with Crippen molar-refractivity contribution in [1.29, 1.82) is 0 Å². The summed E-state index contributed by atoms with van der Waals surface area (Å²) in [5.74, 6) is -10.8. The van der Waals surface area contributed by atoms with Gasteiger partial charge in [-0.25, -0.2) is 9.59 Å². The molecule has 3 aromatic rings. The largest absolute Gasteiger partial charge is 0.481 e. The molecule has 3 aliphatic carbocycles. The van der Waals surface area contributed by atoms with Gasteiger partial charge in [0.2, 0.25) is 12.0 Å². The van der Waals surface area contributed by atoms with Gasteiger partial charge in [0.1, 0.15) is 36.5 Å². The second kappa shape index (κ2) is 21.0. The average Bonchev–Trinajstić information content (AvgIpc) is 3.35. The van der Waals surface area contributed by atoms with Crippen molar-refractivity contribution in [2.45, 2.75) is 121 Å². The molecule has 3 aromatic carbocycles. The highest BCUT2D eigenvalue weighted by Gasteiger charge is 2.78. The molecule has 3 fully saturated rings. The van der Waals surface area contributed by atoms with Gasteiger partial charge in [-0.1, -0.05) is 80.6 Å². The molecule has 2 amide bonds. The van der Waals surface area contributed by atoms with Crippen molar-refractivity contribution in [3.8, 4) is 0 Å². The number of rotatable bonds is 16. The van der Waals surface area contributed by atoms with E-state index in [9.17, 15) is 43.8 Å². The van der Waals surface area contributed by atoms with Crippen LogP contribution in [0, 0.1) is 16.7 Å². The highest BCUT2D eigenvalue weighted by atomic mass is 16.6. The Morgan fingerprint density at radius 3 is 1.97 bits per heavy atom. The minimum absolute atomic E-state index is 0.00839. The van der Waals surface area contributed by atoms with Crippen LogP contribution in [0.2, 0.25) is 0 Å². The zero-order chi connectivity index (χ0) is 53.2. The molecule has 20 heteroatoms. The summed E-state index contributed by atoms with van der Waals surface area (Å²) >= 11 is 0. The molecule has 4 aliphatic rings. The topological polar surface area (TPSA) is 294 Å². The zero-order valence-electron chi connectivity index (χ0n) is 41.0. The molecule has 0 aromatic heterocycles. The number of ketones is 1. The standard InChI is InChI=1S/C53H58N2O18/c1-28-34(70-49(66)43(71-39(62)26-54-37(59)22-23-38(60)61)41(31-16-10-7-11-17-31)55-47(64)32-18-12-8-13-19-32)25-53(67)46(72-48(65)33-20-14-9-15-21-33)44-51(6,35(58)24-36-52(44,27-68-36)73-30(3)57)45(63)42(69-29(2)56)40(28)50(53,4)5/h7-21,34-36,41-44,46,58,67H,22-27H2,1-6H3,(H,54,59)(H,55,64)(H,60,61)/t34-,35-,36+,41-,42+,43+,44-,46-,51+,52-,53+/m0/s1. The summed E-state index contributed by atoms with van der Waals surface area (Å²) in [5, 5.41) is 40.2. The molecule has 73 heavy (non-hydrogen) atoms. The predicted molar refractivity (Wildman–Crippen MR) is 251 cm³/mol. The lowest BCUT2D eigenvalue weighted by molar-refractivity contribution is -0.346. The van der Waals surface area contributed by atoms with E-state index in [2.05, 4.69) is 10.6 Å². The van der Waals surface area contributed by atoms with Gasteiger partial charge in [-0.2, -0.15) is 0 Å². The third kappa shape index (κ3) is 10.2. The first-order valence-corrected chi connectivity index (χ1v) is 23.7. The highest BCUT2D eigenvalue weighted by molar-refractivity contribution is 5.96. The zero-order valence-corrected chi connectivity index (χ0v) is 41.0. The molecule has 388 valence electrons. The van der Waals surface area contributed by atoms with Crippen LogP contribution in [0.4, 0.5) is 0 Å². The van der Waals surface area contributed by atoms with E-state index in [-0.39, 0.29) is 40.9 Å². The number of amides is 2. The summed E-state index contributed by atoms with van der Waals surface area (Å²) in [5.41, 5.74) is -7.98. The fourth-order valence-corrected chi connectivity index (χ4v) is 10.9. The van der Waals surface area contributed by atoms with Gasteiger partial charge >= 0.3 is 35.8 Å². The number of carboxylic acid groups (broad SMARTS) is 1. The number of hydrogen-bond acceptors (Lipinski definition) is 17. The number of hydrogen-bond donors (Lipinski definition) is 5. The summed E-state index contributed by atoms with van der Waals surface area (Å²) in [7, 11) is 0. The summed E-state index contributed by atoms with van der Waals surface area (Å²) in [6.45, 7) is 6.74. The predicted octanol–water partition coefficient (Wildman–Crippen LogP) is 3.27. The third-order valence-electron chi connectivity index (χ3n) is 14.7. The van der Waals surface area contributed by atoms with Crippen molar-refractivity contribution in [1.82, 2.24) is 10.6 Å². The molecular formula is C53H58N2O18. The lowest BCUT2D eigenvalue weighted by atomic mass is 9.44. The van der Waals surface area contributed by atoms with Crippen molar-refractivity contribution in [3.05, 3.63) is 119 Å². The second-order valence-electron chi connectivity index (χ2n) is 19.5. The van der Waals surface area contributed by atoms with Crippen LogP contribution in [0.1, 0.15) is 99.5 Å². The van der Waals surface area contributed by atoms with Gasteiger partial charge in [-0.15, -0.1) is 0 Å². The minimum Gasteiger partial charge on any atom is -0.481 e. The fourth-order valence-electron chi connectivity index (χ4n) is 10.9. The van der Waals surface area contributed by atoms with Crippen LogP contribution in [0.15, 0.2) is 102 Å². The Balaban J connectivity index is 1.39. The quantitative estimate of drug-likeness (QED) is 0.0782. The van der Waals surface area contributed by atoms with E-state index < -0.39 is 150 Å². The van der Waals surface area contributed by atoms with Crippen molar-refractivity contribution >= 4 is 53.4 Å². The maximum absolute atomic E-state index is 15.7. The number of benzene rings is 3. The van der Waals surface area contributed by atoms with E-state index in [1.807, 2.05) is 0 Å². The van der Waals surface area contributed by atoms with E-state index >= 15 is 9.59 Å². The highest BCUT2D eigenvalue weighted by Crippen LogP contribution is 2.64. The number of ether oxygens (including phenoxy) is 6. The Morgan fingerprint density at radius 1 is 0.808 bits per heavy atom. The SMILES string of the molecule is CC(=O)O[C@H]1C(=O)[C@@]2(C)[C@H]([C@H](OC(=O)c3ccccc3)[C@]3(O)C[C@H](OC(=O)[C@H](OC(=O)CNC(=O)CCC(=O)O)[C@@H](NC(=O)c4ccccc4)c4ccccc4)C(C)=C1C3(C)C)[C@]1(OC(C)=O)CO[C@@H]1C[C@@H]2O. The lowest BCUT2D eigenvalue weighted by Crippen LogP contribution is -2.82. The van der Waals surface area contributed by atoms with Gasteiger partial charge in [0, 0.05) is 44.1 Å². The summed E-state index contributed by atoms with van der Waals surface area (Å²) in [6.07, 6.45) is -12.4. The van der Waals surface area contributed by atoms with Gasteiger partial charge in [0.25, 0.3) is 5.91 Å². The molecular weight excluding hydrogens is 953 g/mol. The molecule has 0 radical (unpaired) electrons. The van der Waals surface area contributed by atoms with Crippen LogP contribution < -0.4 is 10.6 Å². The molecule has 11 atom stereocenters. The van der Waals surface area contributed by atoms with Crippen LogP contribution in [0.5, 0.6) is 0 Å². The van der Waals surface area contributed by atoms with Crippen LogP contribution in [0.25, 0.3) is 0 Å². The Hall–Kier alpha value is -7.29. The molecule has 1 saturated heterocycles. The fraction of sp³-hybridized carbons (Fsp3) is 0.453. The van der Waals surface area contributed by atoms with E-state index in [0.29, 0.717) is 0 Å². The number of aliphatic hydroxyl groups excluding tert-OH is 1. The molecule has 7 rings (SSSR count). The van der Waals surface area contributed by atoms with E-state index in [4.69, 9.17) is 33.5 Å². The molecule has 20 nitrogen and oxygen atoms in total. The van der Waals surface area contributed by atoms with Gasteiger partial charge in [-0.05, 0) is 54.8 Å². The van der Waals surface area contributed by atoms with E-state index in [1.54, 1.807) is 54.6 Å². The first-order chi connectivity index (χ1) is 34.5. The van der Waals surface area contributed by atoms with Crippen LogP contribution in [-0.4, -0.2) is 130 Å². The number of aliphatic carboxylic acids is 1. The van der Waals surface area contributed by atoms with Gasteiger partial charge in [-0.3, -0.25) is 33.6 Å². The number of esters is 5. The Bertz CT molecular complexity index is 2690. The van der Waals surface area contributed by atoms with Crippen molar-refractivity contribution < 1.29 is 86.9 Å². The monoisotopic (exact) mass is 1010 g/mol. The van der Waals surface area contributed by atoms with Crippen LogP contribution in [-0.2, 0) is 62.0 Å². The number of Topliss-reactive ketones (excluding diaryl/α,β-unsaturated/α-hetero) is 1. The van der Waals surface area contributed by atoms with E-state index in [1.165, 1.54) is 64.1 Å². The molecule has 2 saturated carbocycles. The normalized spacial score (nSPS) is 28.6. The summed E-state index contributed by atoms with van der Waals surface area (Å²) < 4.78 is 36.4. The second-order valence-corrected chi connectivity index (χ2v) is 19.5. The molecule has 1 aliphatic heterocycles. The molecule has 2 bridgehead atoms. The van der Waals surface area contributed by atoms with Crippen LogP contribution >= 0.6 is 0 Å². The van der Waals surface area contributed by atoms with Gasteiger partial charge in [0.15, 0.2) is 17.5 Å². The van der Waals surface area contributed by atoms with Gasteiger partial charge in [0.05, 0.1) is 36.0 Å². The van der Waals surface area contributed by atoms with Crippen molar-refractivity contribution in [3.63, 3.8) is 0 Å². The van der Waals surface area contributed by atoms with Crippen molar-refractivity contribution in [2.24, 2.45) is 16.7 Å². The maximum Gasteiger partial charge on any atom is 0.350 e. The molecule has 1 heterocycles. The number of carbonyl (C=O) groups is 9. The number of carboxylic acids is 1. The minimum atomic E-state index is -2.53. The first kappa shape index (κ1) is 53.5. The lowest BCUT2D eigenvalue weighted by Gasteiger charge is -2.67. The Morgan fingerprint density at radius 2 is 1.41 bits per heavy atom. The molecule has 0 spiro atoms. The summed E-state index contributed by atoms with van der Waals surface area (Å²) in [4.78, 5) is 123. The first-order valence-electron chi connectivity index (χ1n) is 23.7. The third-order valence-corrected chi connectivity index (χ3v) is 14.7. The van der Waals surface area contributed by atoms with Gasteiger partial charge < -0.3 is 54.4 Å². The number of nitrogens with one attached hydrogen (secondary N) is 2. The average molecular weight is 1010 g/mol. The van der Waals surface area contributed by atoms with Crippen molar-refractivity contribution in [2.75, 3.05) is 13.2 Å². The van der Waals surface area contributed by atoms with Crippen LogP contribution in [0.3, 0.4) is 0 Å². The van der Waals surface area contributed by atoms with E-state index in [0.717, 1.165) is 13.8 Å². The number of aliphatic hydroxyl groups is 2. The molecule has 5 N–H and O–H groups in total. The summed E-state index contributed by atoms with van der Waals surface area (Å²) in [6, 6.07) is 21.9. The number of fused-ring (bicyclic) bond motifs is 5. The molecule has 0 unspecified atom stereocenters. The number of carbonyl (C=O) groups excluding carboxylic acids is 8. The Labute approximate surface area is 419 Å². The Kier molecular flexibility index (Phi) is 15.4. The smallest absolute Gasteiger partial charge is 0.350 e. The maximum atomic E-state index is 15.7.